The topological polar surface area (TPSA) is 115 Å². The number of hydrogen-bond donors (Lipinski definition) is 3. The number of fused-ring (bicyclic) bond motifs is 5. The van der Waals surface area contributed by atoms with Crippen molar-refractivity contribution in [2.45, 2.75) is 12.8 Å². The van der Waals surface area contributed by atoms with Gasteiger partial charge in [-0.25, -0.2) is 4.98 Å². The van der Waals surface area contributed by atoms with Gasteiger partial charge in [0.05, 0.1) is 17.3 Å². The number of guanidine groups is 1. The molecule has 3 aliphatic heterocycles. The summed E-state index contributed by atoms with van der Waals surface area (Å²) in [5, 5.41) is 10.9. The van der Waals surface area contributed by atoms with E-state index in [9.17, 15) is 0 Å². The summed E-state index contributed by atoms with van der Waals surface area (Å²) < 4.78 is 17.8. The summed E-state index contributed by atoms with van der Waals surface area (Å²) in [6, 6.07) is 9.84. The molecule has 1 aromatic carbocycles. The second kappa shape index (κ2) is 7.97. The summed E-state index contributed by atoms with van der Waals surface area (Å²) in [5.74, 6) is 2.84. The Balaban J connectivity index is 1.47. The van der Waals surface area contributed by atoms with Gasteiger partial charge in [0.15, 0.2) is 11.8 Å². The van der Waals surface area contributed by atoms with Crippen LogP contribution in [0.4, 0.5) is 0 Å². The average molecular weight is 443 g/mol. The maximum atomic E-state index is 6.17. The van der Waals surface area contributed by atoms with Crippen LogP contribution in [0.5, 0.6) is 11.6 Å². The third kappa shape index (κ3) is 3.65. The number of nitrogens with one attached hydrogen (secondary N) is 3. The lowest BCUT2D eigenvalue weighted by Crippen LogP contribution is -2.53. The molecule has 0 radical (unpaired) electrons. The first-order valence-corrected chi connectivity index (χ1v) is 10.6. The largest absolute Gasteiger partial charge is 0.488 e. The van der Waals surface area contributed by atoms with Gasteiger partial charge in [0.2, 0.25) is 11.8 Å². The van der Waals surface area contributed by atoms with Crippen LogP contribution in [0, 0.1) is 0 Å². The zero-order valence-corrected chi connectivity index (χ0v) is 17.8. The molecule has 0 fully saturated rings. The van der Waals surface area contributed by atoms with E-state index in [0.717, 1.165) is 27.6 Å². The highest BCUT2D eigenvalue weighted by molar-refractivity contribution is 5.93. The van der Waals surface area contributed by atoms with Crippen LogP contribution in [0.1, 0.15) is 11.4 Å². The SMILES string of the molecule is CN=C1NC2=C3C(=CNC3N1)c1ccc3ncc(cc3c1)OCCOc1ccnc(n1)CO2. The third-order valence-corrected chi connectivity index (χ3v) is 5.55. The first-order chi connectivity index (χ1) is 16.3. The van der Waals surface area contributed by atoms with Crippen LogP contribution in [0.25, 0.3) is 16.5 Å². The minimum atomic E-state index is -0.184. The van der Waals surface area contributed by atoms with Gasteiger partial charge in [-0.1, -0.05) is 6.07 Å². The number of aromatic nitrogens is 3. The number of benzene rings is 1. The van der Waals surface area contributed by atoms with Crippen molar-refractivity contribution in [1.82, 2.24) is 30.9 Å². The number of aliphatic imine (C=N–C) groups is 1. The lowest BCUT2D eigenvalue weighted by molar-refractivity contribution is 0.170. The predicted octanol–water partition coefficient (Wildman–Crippen LogP) is 1.67. The lowest BCUT2D eigenvalue weighted by atomic mass is 9.97. The van der Waals surface area contributed by atoms with E-state index in [1.54, 1.807) is 25.5 Å². The van der Waals surface area contributed by atoms with E-state index in [4.69, 9.17) is 14.2 Å². The molecule has 0 saturated carbocycles. The van der Waals surface area contributed by atoms with E-state index in [1.807, 2.05) is 24.4 Å². The summed E-state index contributed by atoms with van der Waals surface area (Å²) >= 11 is 0. The summed E-state index contributed by atoms with van der Waals surface area (Å²) in [6.07, 6.45) is 5.17. The molecule has 1 atom stereocenters. The maximum absolute atomic E-state index is 6.17. The molecular formula is C23H21N7O3. The van der Waals surface area contributed by atoms with E-state index in [-0.39, 0.29) is 12.8 Å². The van der Waals surface area contributed by atoms with Gasteiger partial charge in [-0.05, 0) is 23.8 Å². The Bertz CT molecular complexity index is 1330. The number of nitrogens with zero attached hydrogens (tertiary/aromatic N) is 4. The fourth-order valence-corrected chi connectivity index (χ4v) is 4.00. The predicted molar refractivity (Wildman–Crippen MR) is 121 cm³/mol. The van der Waals surface area contributed by atoms with Gasteiger partial charge < -0.3 is 24.8 Å². The molecule has 3 aliphatic rings. The maximum Gasteiger partial charge on any atom is 0.216 e. The minimum Gasteiger partial charge on any atom is -0.488 e. The molecule has 6 rings (SSSR count). The van der Waals surface area contributed by atoms with E-state index < -0.39 is 0 Å². The summed E-state index contributed by atoms with van der Waals surface area (Å²) in [6.45, 7) is 0.874. The monoisotopic (exact) mass is 443 g/mol. The molecule has 10 heteroatoms. The number of pyridine rings is 1. The Hall–Kier alpha value is -4.34. The molecule has 3 aromatic rings. The van der Waals surface area contributed by atoms with Crippen LogP contribution in [0.2, 0.25) is 0 Å². The molecule has 1 unspecified atom stereocenters. The number of rotatable bonds is 0. The zero-order valence-electron chi connectivity index (χ0n) is 17.8. The Kier molecular flexibility index (Phi) is 4.68. The highest BCUT2D eigenvalue weighted by atomic mass is 16.5. The van der Waals surface area contributed by atoms with Crippen molar-refractivity contribution in [3.63, 3.8) is 0 Å². The van der Waals surface area contributed by atoms with Gasteiger partial charge >= 0.3 is 0 Å². The lowest BCUT2D eigenvalue weighted by Gasteiger charge is -2.28. The average Bonchev–Trinajstić information content (AvgIpc) is 3.28. The van der Waals surface area contributed by atoms with Gasteiger partial charge in [-0.2, -0.15) is 4.98 Å². The number of hydrogen-bond acceptors (Lipinski definition) is 8. The quantitative estimate of drug-likeness (QED) is 0.477. The fraction of sp³-hybridized carbons (Fsp3) is 0.217. The van der Waals surface area contributed by atoms with Gasteiger partial charge in [0.1, 0.15) is 31.7 Å². The van der Waals surface area contributed by atoms with Crippen LogP contribution in [-0.2, 0) is 11.3 Å². The molecule has 0 saturated heterocycles. The van der Waals surface area contributed by atoms with Crippen LogP contribution >= 0.6 is 0 Å². The molecule has 3 N–H and O–H groups in total. The Morgan fingerprint density at radius 1 is 1.06 bits per heavy atom. The molecule has 2 aromatic heterocycles. The molecule has 166 valence electrons. The summed E-state index contributed by atoms with van der Waals surface area (Å²) in [4.78, 5) is 17.5. The highest BCUT2D eigenvalue weighted by Crippen LogP contribution is 2.34. The number of ether oxygens (including phenoxy) is 3. The van der Waals surface area contributed by atoms with E-state index in [0.29, 0.717) is 42.5 Å². The van der Waals surface area contributed by atoms with E-state index in [1.165, 1.54) is 0 Å². The van der Waals surface area contributed by atoms with Crippen molar-refractivity contribution in [2.24, 2.45) is 4.99 Å². The molecule has 5 heterocycles. The van der Waals surface area contributed by atoms with Crippen LogP contribution < -0.4 is 25.4 Å². The van der Waals surface area contributed by atoms with Crippen molar-refractivity contribution in [3.05, 3.63) is 71.8 Å². The second-order valence-corrected chi connectivity index (χ2v) is 7.62. The van der Waals surface area contributed by atoms with Crippen molar-refractivity contribution in [1.29, 1.82) is 0 Å². The third-order valence-electron chi connectivity index (χ3n) is 5.55. The summed E-state index contributed by atoms with van der Waals surface area (Å²) in [5.41, 5.74) is 3.86. The second-order valence-electron chi connectivity index (χ2n) is 7.62. The molecule has 0 amide bonds. The van der Waals surface area contributed by atoms with E-state index >= 15 is 0 Å². The van der Waals surface area contributed by atoms with Gasteiger partial charge in [-0.3, -0.25) is 15.3 Å². The molecule has 5 bridgehead atoms. The molecular weight excluding hydrogens is 422 g/mol. The first kappa shape index (κ1) is 19.4. The standard InChI is InChI=1S/C23H21N7O3/c1-24-23-29-21-20-16(11-27-21)13-2-3-17-14(8-13)9-15(10-26-17)31-6-7-32-19-4-5-25-18(28-19)12-33-22(20)30-23/h2-5,8-11,21,27H,6-7,12H2,1H3,(H2,24,29,30). The van der Waals surface area contributed by atoms with E-state index in [2.05, 4.69) is 42.0 Å². The van der Waals surface area contributed by atoms with Crippen LogP contribution in [-0.4, -0.2) is 47.3 Å². The Morgan fingerprint density at radius 2 is 2.00 bits per heavy atom. The van der Waals surface area contributed by atoms with Crippen molar-refractivity contribution < 1.29 is 14.2 Å². The molecule has 0 spiro atoms. The Labute approximate surface area is 189 Å². The van der Waals surface area contributed by atoms with Crippen molar-refractivity contribution >= 4 is 22.4 Å². The highest BCUT2D eigenvalue weighted by Gasteiger charge is 2.33. The van der Waals surface area contributed by atoms with Gasteiger partial charge in [0.25, 0.3) is 0 Å². The summed E-state index contributed by atoms with van der Waals surface area (Å²) in [7, 11) is 1.71. The van der Waals surface area contributed by atoms with Crippen LogP contribution in [0.15, 0.2) is 65.4 Å². The molecule has 0 aliphatic carbocycles. The zero-order chi connectivity index (χ0) is 22.2. The smallest absolute Gasteiger partial charge is 0.216 e. The van der Waals surface area contributed by atoms with Crippen LogP contribution in [0.3, 0.4) is 0 Å². The molecule has 33 heavy (non-hydrogen) atoms. The minimum absolute atomic E-state index is 0.167. The Morgan fingerprint density at radius 3 is 2.94 bits per heavy atom. The first-order valence-electron chi connectivity index (χ1n) is 10.6. The van der Waals surface area contributed by atoms with Crippen molar-refractivity contribution in [3.8, 4) is 11.6 Å². The normalized spacial score (nSPS) is 20.6. The molecule has 10 nitrogen and oxygen atoms in total. The fourth-order valence-electron chi connectivity index (χ4n) is 4.00. The van der Waals surface area contributed by atoms with Crippen molar-refractivity contribution in [2.75, 3.05) is 20.3 Å². The van der Waals surface area contributed by atoms with Gasteiger partial charge in [-0.15, -0.1) is 0 Å². The van der Waals surface area contributed by atoms with Gasteiger partial charge in [0, 0.05) is 36.5 Å².